The summed E-state index contributed by atoms with van der Waals surface area (Å²) in [4.78, 5) is 10.9. The van der Waals surface area contributed by atoms with Crippen molar-refractivity contribution >= 4 is 17.3 Å². The number of ether oxygens (including phenoxy) is 1. The lowest BCUT2D eigenvalue weighted by molar-refractivity contribution is -0.138. The Kier molecular flexibility index (Phi) is 4.25. The Labute approximate surface area is 118 Å². The highest BCUT2D eigenvalue weighted by Crippen LogP contribution is 2.23. The van der Waals surface area contributed by atoms with Crippen molar-refractivity contribution in [2.75, 3.05) is 12.4 Å². The first kappa shape index (κ1) is 13.9. The molecule has 4 heteroatoms. The molecule has 20 heavy (non-hydrogen) atoms. The average molecular weight is 271 g/mol. The molecule has 1 unspecified atom stereocenters. The number of benzene rings is 2. The number of carbonyl (C=O) groups is 1. The fourth-order valence-electron chi connectivity index (χ4n) is 1.87. The third-order valence-corrected chi connectivity index (χ3v) is 3.14. The number of methoxy groups -OCH3 is 1. The number of hydrogen-bond donors (Lipinski definition) is 2. The molecule has 0 radical (unpaired) electrons. The van der Waals surface area contributed by atoms with Crippen LogP contribution in [0.1, 0.15) is 18.4 Å². The zero-order valence-electron chi connectivity index (χ0n) is 11.5. The van der Waals surface area contributed by atoms with Crippen LogP contribution >= 0.6 is 0 Å². The molecule has 0 aliphatic heterocycles. The number of anilines is 2. The molecule has 0 amide bonds. The largest absolute Gasteiger partial charge is 0.497 e. The van der Waals surface area contributed by atoms with E-state index in [1.807, 2.05) is 48.5 Å². The van der Waals surface area contributed by atoms with Crippen LogP contribution in [0.15, 0.2) is 48.5 Å². The average Bonchev–Trinajstić information content (AvgIpc) is 2.47. The van der Waals surface area contributed by atoms with Crippen molar-refractivity contribution in [2.45, 2.75) is 12.8 Å². The Bertz CT molecular complexity index is 593. The van der Waals surface area contributed by atoms with Gasteiger partial charge in [0, 0.05) is 17.4 Å². The van der Waals surface area contributed by atoms with Gasteiger partial charge in [-0.1, -0.05) is 18.2 Å². The van der Waals surface area contributed by atoms with Crippen molar-refractivity contribution in [2.24, 2.45) is 0 Å². The number of hydrogen-bond acceptors (Lipinski definition) is 3. The normalized spacial score (nSPS) is 11.7. The van der Waals surface area contributed by atoms with E-state index >= 15 is 0 Å². The number of nitrogens with one attached hydrogen (secondary N) is 1. The van der Waals surface area contributed by atoms with Crippen molar-refractivity contribution in [3.05, 3.63) is 54.1 Å². The highest BCUT2D eigenvalue weighted by molar-refractivity contribution is 5.76. The first-order chi connectivity index (χ1) is 9.60. The molecule has 2 N–H and O–H groups in total. The SMILES string of the molecule is COc1cccc(Nc2ccc(C(C)C(=O)O)cc2)c1. The minimum atomic E-state index is -0.821. The molecule has 0 bridgehead atoms. The Morgan fingerprint density at radius 1 is 1.15 bits per heavy atom. The molecule has 2 aromatic rings. The molecule has 0 saturated heterocycles. The van der Waals surface area contributed by atoms with Gasteiger partial charge in [0.15, 0.2) is 0 Å². The molecule has 0 aromatic heterocycles. The summed E-state index contributed by atoms with van der Waals surface area (Å²) in [5.41, 5.74) is 2.61. The third-order valence-electron chi connectivity index (χ3n) is 3.14. The van der Waals surface area contributed by atoms with E-state index < -0.39 is 11.9 Å². The first-order valence-electron chi connectivity index (χ1n) is 6.34. The summed E-state index contributed by atoms with van der Waals surface area (Å²) in [6.07, 6.45) is 0. The van der Waals surface area contributed by atoms with Crippen molar-refractivity contribution in [1.29, 1.82) is 0 Å². The van der Waals surface area contributed by atoms with E-state index in [2.05, 4.69) is 5.32 Å². The van der Waals surface area contributed by atoms with Crippen molar-refractivity contribution in [3.63, 3.8) is 0 Å². The van der Waals surface area contributed by atoms with Crippen LogP contribution in [0.4, 0.5) is 11.4 Å². The Morgan fingerprint density at radius 2 is 1.85 bits per heavy atom. The maximum absolute atomic E-state index is 10.9. The van der Waals surface area contributed by atoms with E-state index in [9.17, 15) is 4.79 Å². The van der Waals surface area contributed by atoms with Crippen LogP contribution in [0.25, 0.3) is 0 Å². The molecule has 0 heterocycles. The van der Waals surface area contributed by atoms with E-state index in [0.717, 1.165) is 22.7 Å². The number of carboxylic acids is 1. The summed E-state index contributed by atoms with van der Waals surface area (Å²) >= 11 is 0. The fourth-order valence-corrected chi connectivity index (χ4v) is 1.87. The van der Waals surface area contributed by atoms with Gasteiger partial charge in [0.05, 0.1) is 13.0 Å². The molecule has 0 aliphatic rings. The minimum absolute atomic E-state index is 0.499. The van der Waals surface area contributed by atoms with Crippen molar-refractivity contribution in [1.82, 2.24) is 0 Å². The topological polar surface area (TPSA) is 58.6 Å². The predicted molar refractivity (Wildman–Crippen MR) is 78.8 cm³/mol. The lowest BCUT2D eigenvalue weighted by atomic mass is 10.0. The molecule has 0 saturated carbocycles. The van der Waals surface area contributed by atoms with Gasteiger partial charge in [0.25, 0.3) is 0 Å². The summed E-state index contributed by atoms with van der Waals surface area (Å²) in [6.45, 7) is 1.67. The van der Waals surface area contributed by atoms with Gasteiger partial charge in [-0.05, 0) is 36.8 Å². The smallest absolute Gasteiger partial charge is 0.310 e. The van der Waals surface area contributed by atoms with E-state index in [0.29, 0.717) is 0 Å². The van der Waals surface area contributed by atoms with Gasteiger partial charge in [0.2, 0.25) is 0 Å². The number of aliphatic carboxylic acids is 1. The second kappa shape index (κ2) is 6.10. The van der Waals surface area contributed by atoms with E-state index in [1.54, 1.807) is 14.0 Å². The third kappa shape index (κ3) is 3.29. The monoisotopic (exact) mass is 271 g/mol. The summed E-state index contributed by atoms with van der Waals surface area (Å²) in [7, 11) is 1.63. The standard InChI is InChI=1S/C16H17NO3/c1-11(16(18)19)12-6-8-13(9-7-12)17-14-4-3-5-15(10-14)20-2/h3-11,17H,1-2H3,(H,18,19). The van der Waals surface area contributed by atoms with Crippen molar-refractivity contribution < 1.29 is 14.6 Å². The fraction of sp³-hybridized carbons (Fsp3) is 0.188. The van der Waals surface area contributed by atoms with E-state index in [-0.39, 0.29) is 0 Å². The zero-order valence-corrected chi connectivity index (χ0v) is 11.5. The van der Waals surface area contributed by atoms with Gasteiger partial charge in [-0.25, -0.2) is 0 Å². The number of rotatable bonds is 5. The lowest BCUT2D eigenvalue weighted by Gasteiger charge is -2.10. The molecule has 0 fully saturated rings. The molecule has 0 aliphatic carbocycles. The van der Waals surface area contributed by atoms with Gasteiger partial charge in [0.1, 0.15) is 5.75 Å². The highest BCUT2D eigenvalue weighted by Gasteiger charge is 2.12. The molecule has 2 aromatic carbocycles. The van der Waals surface area contributed by atoms with Crippen LogP contribution in [0.5, 0.6) is 5.75 Å². The van der Waals surface area contributed by atoms with Gasteiger partial charge in [-0.15, -0.1) is 0 Å². The van der Waals surface area contributed by atoms with Gasteiger partial charge in [-0.3, -0.25) is 4.79 Å². The van der Waals surface area contributed by atoms with Gasteiger partial charge < -0.3 is 15.2 Å². The zero-order chi connectivity index (χ0) is 14.5. The Balaban J connectivity index is 2.12. The molecule has 1 atom stereocenters. The predicted octanol–water partition coefficient (Wildman–Crippen LogP) is 3.63. The van der Waals surface area contributed by atoms with Crippen molar-refractivity contribution in [3.8, 4) is 5.75 Å². The van der Waals surface area contributed by atoms with Crippen LogP contribution < -0.4 is 10.1 Å². The molecule has 0 spiro atoms. The summed E-state index contributed by atoms with van der Waals surface area (Å²) < 4.78 is 5.16. The highest BCUT2D eigenvalue weighted by atomic mass is 16.5. The van der Waals surface area contributed by atoms with Gasteiger partial charge >= 0.3 is 5.97 Å². The molecule has 104 valence electrons. The summed E-state index contributed by atoms with van der Waals surface area (Å²) in [5, 5.41) is 12.2. The first-order valence-corrected chi connectivity index (χ1v) is 6.34. The van der Waals surface area contributed by atoms with Crippen LogP contribution in [-0.4, -0.2) is 18.2 Å². The second-order valence-corrected chi connectivity index (χ2v) is 4.54. The van der Waals surface area contributed by atoms with Crippen LogP contribution in [-0.2, 0) is 4.79 Å². The second-order valence-electron chi connectivity index (χ2n) is 4.54. The van der Waals surface area contributed by atoms with Crippen LogP contribution in [0.3, 0.4) is 0 Å². The van der Waals surface area contributed by atoms with Gasteiger partial charge in [-0.2, -0.15) is 0 Å². The van der Waals surface area contributed by atoms with E-state index in [4.69, 9.17) is 9.84 Å². The summed E-state index contributed by atoms with van der Waals surface area (Å²) in [6, 6.07) is 15.0. The molecule has 2 rings (SSSR count). The Hall–Kier alpha value is -2.49. The molecular formula is C16H17NO3. The maximum atomic E-state index is 10.9. The van der Waals surface area contributed by atoms with E-state index in [1.165, 1.54) is 0 Å². The maximum Gasteiger partial charge on any atom is 0.310 e. The molecule has 4 nitrogen and oxygen atoms in total. The van der Waals surface area contributed by atoms with Crippen LogP contribution in [0, 0.1) is 0 Å². The quantitative estimate of drug-likeness (QED) is 0.872. The minimum Gasteiger partial charge on any atom is -0.497 e. The van der Waals surface area contributed by atoms with Crippen LogP contribution in [0.2, 0.25) is 0 Å². The lowest BCUT2D eigenvalue weighted by Crippen LogP contribution is -2.07. The summed E-state index contributed by atoms with van der Waals surface area (Å²) in [5.74, 6) is -0.537. The number of carboxylic acid groups (broad SMARTS) is 1. The molecular weight excluding hydrogens is 254 g/mol. The Morgan fingerprint density at radius 3 is 2.45 bits per heavy atom.